The lowest BCUT2D eigenvalue weighted by Crippen LogP contribution is -2.52. The van der Waals surface area contributed by atoms with E-state index in [1.165, 1.54) is 5.52 Å². The zero-order valence-electron chi connectivity index (χ0n) is 16.8. The molecule has 148 valence electrons. The van der Waals surface area contributed by atoms with Crippen LogP contribution in [0.25, 0.3) is 11.0 Å². The molecule has 0 saturated carbocycles. The van der Waals surface area contributed by atoms with E-state index in [-0.39, 0.29) is 6.61 Å². The lowest BCUT2D eigenvalue weighted by Gasteiger charge is -2.41. The molecule has 3 heterocycles. The minimum Gasteiger partial charge on any atom is -0.396 e. The highest BCUT2D eigenvalue weighted by molar-refractivity contribution is 5.75. The molecule has 3 aromatic rings. The Kier molecular flexibility index (Phi) is 5.71. The van der Waals surface area contributed by atoms with E-state index >= 15 is 0 Å². The third-order valence-electron chi connectivity index (χ3n) is 5.71. The summed E-state index contributed by atoms with van der Waals surface area (Å²) in [6, 6.07) is 14.8. The Bertz CT molecular complexity index is 938. The smallest absolute Gasteiger partial charge is 0.123 e. The van der Waals surface area contributed by atoms with Crippen molar-refractivity contribution < 1.29 is 5.11 Å². The van der Waals surface area contributed by atoms with Crippen LogP contribution in [0.2, 0.25) is 0 Å². The van der Waals surface area contributed by atoms with Crippen molar-refractivity contribution >= 4 is 11.0 Å². The number of imidazole rings is 1. The first kappa shape index (κ1) is 19.1. The van der Waals surface area contributed by atoms with Crippen molar-refractivity contribution in [3.8, 4) is 0 Å². The van der Waals surface area contributed by atoms with E-state index in [4.69, 9.17) is 4.98 Å². The van der Waals surface area contributed by atoms with Crippen LogP contribution in [0.3, 0.4) is 0 Å². The summed E-state index contributed by atoms with van der Waals surface area (Å²) in [7, 11) is 2.09. The minimum absolute atomic E-state index is 0.211. The third-order valence-corrected chi connectivity index (χ3v) is 5.71. The number of benzene rings is 1. The van der Waals surface area contributed by atoms with Gasteiger partial charge in [0.1, 0.15) is 5.82 Å². The van der Waals surface area contributed by atoms with Crippen molar-refractivity contribution in [2.24, 2.45) is 7.05 Å². The summed E-state index contributed by atoms with van der Waals surface area (Å²) < 4.78 is 2.19. The summed E-state index contributed by atoms with van der Waals surface area (Å²) in [6.45, 7) is 6.83. The number of hydrogen-bond donors (Lipinski definition) is 1. The average molecular weight is 380 g/mol. The quantitative estimate of drug-likeness (QED) is 0.712. The molecule has 1 fully saturated rings. The molecule has 0 bridgehead atoms. The third kappa shape index (κ3) is 4.09. The number of aliphatic hydroxyl groups is 1. The van der Waals surface area contributed by atoms with Crippen LogP contribution >= 0.6 is 0 Å². The molecule has 1 aliphatic rings. The van der Waals surface area contributed by atoms with Gasteiger partial charge in [-0.15, -0.1) is 0 Å². The van der Waals surface area contributed by atoms with E-state index in [2.05, 4.69) is 56.7 Å². The lowest BCUT2D eigenvalue weighted by atomic mass is 10.1. The van der Waals surface area contributed by atoms with E-state index in [1.807, 2.05) is 19.1 Å². The number of aliphatic hydroxyl groups excluding tert-OH is 1. The number of nitrogens with zero attached hydrogens (tertiary/aromatic N) is 5. The summed E-state index contributed by atoms with van der Waals surface area (Å²) in [5.41, 5.74) is 4.38. The molecule has 0 radical (unpaired) electrons. The highest BCUT2D eigenvalue weighted by Crippen LogP contribution is 2.20. The van der Waals surface area contributed by atoms with Gasteiger partial charge in [0, 0.05) is 51.6 Å². The minimum atomic E-state index is 0.211. The molecule has 6 heteroatoms. The number of piperazine rings is 1. The Hall–Kier alpha value is -2.28. The van der Waals surface area contributed by atoms with Crippen molar-refractivity contribution in [3.05, 3.63) is 59.7 Å². The standard InChI is InChI=1S/C22H29N5O/c1-17-6-5-7-18(23-17)14-27-12-11-26(15-19(27)10-13-28)16-22-24-20-8-3-4-9-21(20)25(22)2/h3-9,19,28H,10-16H2,1-2H3. The molecule has 1 aromatic carbocycles. The largest absolute Gasteiger partial charge is 0.396 e. The molecule has 0 amide bonds. The number of aromatic nitrogens is 3. The van der Waals surface area contributed by atoms with Gasteiger partial charge >= 0.3 is 0 Å². The number of aryl methyl sites for hydroxylation is 2. The topological polar surface area (TPSA) is 57.4 Å². The van der Waals surface area contributed by atoms with E-state index in [9.17, 15) is 5.11 Å². The Labute approximate surface area is 166 Å². The van der Waals surface area contributed by atoms with Gasteiger partial charge in [0.2, 0.25) is 0 Å². The second-order valence-corrected chi connectivity index (χ2v) is 7.72. The van der Waals surface area contributed by atoms with E-state index in [0.29, 0.717) is 6.04 Å². The number of fused-ring (bicyclic) bond motifs is 1. The van der Waals surface area contributed by atoms with Gasteiger partial charge in [-0.1, -0.05) is 18.2 Å². The lowest BCUT2D eigenvalue weighted by molar-refractivity contribution is 0.0476. The summed E-state index contributed by atoms with van der Waals surface area (Å²) in [6.07, 6.45) is 0.783. The second kappa shape index (κ2) is 8.39. The van der Waals surface area contributed by atoms with Crippen LogP contribution in [0.4, 0.5) is 0 Å². The predicted octanol–water partition coefficient (Wildman–Crippen LogP) is 2.35. The van der Waals surface area contributed by atoms with Crippen molar-refractivity contribution in [3.63, 3.8) is 0 Å². The van der Waals surface area contributed by atoms with Crippen molar-refractivity contribution in [2.75, 3.05) is 26.2 Å². The van der Waals surface area contributed by atoms with Gasteiger partial charge in [0.15, 0.2) is 0 Å². The Morgan fingerprint density at radius 3 is 2.68 bits per heavy atom. The first-order valence-electron chi connectivity index (χ1n) is 10.0. The Morgan fingerprint density at radius 2 is 1.89 bits per heavy atom. The molecule has 1 N–H and O–H groups in total. The SMILES string of the molecule is Cc1cccc(CN2CCN(Cc3nc4ccccc4n3C)CC2CCO)n1. The summed E-state index contributed by atoms with van der Waals surface area (Å²) >= 11 is 0. The summed E-state index contributed by atoms with van der Waals surface area (Å²) in [4.78, 5) is 14.4. The molecule has 1 atom stereocenters. The van der Waals surface area contributed by atoms with E-state index in [0.717, 1.165) is 61.9 Å². The van der Waals surface area contributed by atoms with Crippen LogP contribution in [0, 0.1) is 6.92 Å². The molecular formula is C22H29N5O. The molecule has 0 aliphatic carbocycles. The maximum atomic E-state index is 9.58. The van der Waals surface area contributed by atoms with Crippen LogP contribution in [0.15, 0.2) is 42.5 Å². The number of rotatable bonds is 6. The first-order chi connectivity index (χ1) is 13.6. The van der Waals surface area contributed by atoms with Crippen molar-refractivity contribution in [1.82, 2.24) is 24.3 Å². The van der Waals surface area contributed by atoms with E-state index in [1.54, 1.807) is 0 Å². The molecule has 4 rings (SSSR count). The highest BCUT2D eigenvalue weighted by atomic mass is 16.3. The molecule has 1 saturated heterocycles. The van der Waals surface area contributed by atoms with Gasteiger partial charge in [-0.25, -0.2) is 4.98 Å². The Morgan fingerprint density at radius 1 is 1.04 bits per heavy atom. The first-order valence-corrected chi connectivity index (χ1v) is 10.0. The molecule has 2 aromatic heterocycles. The zero-order valence-corrected chi connectivity index (χ0v) is 16.8. The van der Waals surface area contributed by atoms with Gasteiger partial charge in [-0.2, -0.15) is 0 Å². The van der Waals surface area contributed by atoms with Crippen LogP contribution in [0.1, 0.15) is 23.6 Å². The van der Waals surface area contributed by atoms with Crippen LogP contribution in [0.5, 0.6) is 0 Å². The number of pyridine rings is 1. The summed E-state index contributed by atoms with van der Waals surface area (Å²) in [5.74, 6) is 1.10. The molecule has 1 unspecified atom stereocenters. The van der Waals surface area contributed by atoms with Gasteiger partial charge in [0.05, 0.1) is 23.3 Å². The fourth-order valence-corrected chi connectivity index (χ4v) is 4.16. The van der Waals surface area contributed by atoms with Crippen LogP contribution in [-0.4, -0.2) is 61.7 Å². The fourth-order valence-electron chi connectivity index (χ4n) is 4.16. The molecule has 0 spiro atoms. The average Bonchev–Trinajstić information content (AvgIpc) is 3.00. The van der Waals surface area contributed by atoms with Crippen LogP contribution in [-0.2, 0) is 20.1 Å². The van der Waals surface area contributed by atoms with Gasteiger partial charge in [-0.3, -0.25) is 14.8 Å². The monoisotopic (exact) mass is 379 g/mol. The van der Waals surface area contributed by atoms with E-state index < -0.39 is 0 Å². The number of hydrogen-bond acceptors (Lipinski definition) is 5. The maximum absolute atomic E-state index is 9.58. The Balaban J connectivity index is 1.45. The predicted molar refractivity (Wildman–Crippen MR) is 111 cm³/mol. The molecule has 28 heavy (non-hydrogen) atoms. The van der Waals surface area contributed by atoms with Gasteiger partial charge < -0.3 is 9.67 Å². The normalized spacial score (nSPS) is 18.8. The van der Waals surface area contributed by atoms with Gasteiger partial charge in [-0.05, 0) is 37.6 Å². The highest BCUT2D eigenvalue weighted by Gasteiger charge is 2.27. The second-order valence-electron chi connectivity index (χ2n) is 7.72. The number of para-hydroxylation sites is 2. The molecular weight excluding hydrogens is 350 g/mol. The van der Waals surface area contributed by atoms with Gasteiger partial charge in [0.25, 0.3) is 0 Å². The van der Waals surface area contributed by atoms with Crippen LogP contribution < -0.4 is 0 Å². The van der Waals surface area contributed by atoms with Crippen molar-refractivity contribution in [2.45, 2.75) is 32.5 Å². The maximum Gasteiger partial charge on any atom is 0.123 e. The summed E-state index contributed by atoms with van der Waals surface area (Å²) in [5, 5.41) is 9.58. The molecule has 1 aliphatic heterocycles. The zero-order chi connectivity index (χ0) is 19.5. The fraction of sp³-hybridized carbons (Fsp3) is 0.455. The van der Waals surface area contributed by atoms with Crippen molar-refractivity contribution in [1.29, 1.82) is 0 Å². The molecule has 6 nitrogen and oxygen atoms in total.